The van der Waals surface area contributed by atoms with Gasteiger partial charge in [-0.05, 0) is 25.0 Å². The Morgan fingerprint density at radius 3 is 2.29 bits per heavy atom. The van der Waals surface area contributed by atoms with E-state index in [0.717, 1.165) is 11.3 Å². The monoisotopic (exact) mass is 332 g/mol. The molecule has 1 heterocycles. The second-order valence-electron chi connectivity index (χ2n) is 6.50. The predicted molar refractivity (Wildman–Crippen MR) is 89.5 cm³/mol. The minimum atomic E-state index is -0.986. The number of rotatable bonds is 7. The molecule has 0 saturated carbocycles. The fourth-order valence-corrected chi connectivity index (χ4v) is 2.64. The first-order valence-corrected chi connectivity index (χ1v) is 8.22. The van der Waals surface area contributed by atoms with Gasteiger partial charge in [0, 0.05) is 19.5 Å². The van der Waals surface area contributed by atoms with Crippen LogP contribution >= 0.6 is 0 Å². The van der Waals surface area contributed by atoms with E-state index in [1.165, 1.54) is 0 Å². The van der Waals surface area contributed by atoms with E-state index in [1.807, 2.05) is 13.8 Å². The van der Waals surface area contributed by atoms with E-state index in [0.29, 0.717) is 11.1 Å². The molecule has 0 fully saturated rings. The molecule has 24 heavy (non-hydrogen) atoms. The highest BCUT2D eigenvalue weighted by atomic mass is 16.3. The third kappa shape index (κ3) is 3.64. The molecule has 0 aliphatic carbocycles. The Hall–Kier alpha value is -2.21. The molecule has 1 aliphatic rings. The summed E-state index contributed by atoms with van der Waals surface area (Å²) in [6.07, 6.45) is 0.819. The van der Waals surface area contributed by atoms with E-state index in [-0.39, 0.29) is 43.1 Å². The fraction of sp³-hybridized carbons (Fsp3) is 0.500. The predicted octanol–water partition coefficient (Wildman–Crippen LogP) is 1.59. The number of hydrogen-bond donors (Lipinski definition) is 2. The molecule has 3 amide bonds. The van der Waals surface area contributed by atoms with E-state index in [2.05, 4.69) is 5.32 Å². The Balaban J connectivity index is 1.87. The lowest BCUT2D eigenvalue weighted by molar-refractivity contribution is -0.122. The Morgan fingerprint density at radius 1 is 1.25 bits per heavy atom. The van der Waals surface area contributed by atoms with Crippen molar-refractivity contribution in [3.05, 3.63) is 35.4 Å². The number of imide groups is 1. The van der Waals surface area contributed by atoms with Crippen LogP contribution in [0.2, 0.25) is 0 Å². The van der Waals surface area contributed by atoms with E-state index in [1.54, 1.807) is 31.2 Å². The summed E-state index contributed by atoms with van der Waals surface area (Å²) < 4.78 is 0. The van der Waals surface area contributed by atoms with Crippen molar-refractivity contribution < 1.29 is 19.5 Å². The molecule has 2 rings (SSSR count). The van der Waals surface area contributed by atoms with Crippen LogP contribution in [-0.2, 0) is 4.79 Å². The molecule has 1 aromatic carbocycles. The van der Waals surface area contributed by atoms with Crippen LogP contribution in [0.5, 0.6) is 0 Å². The molecule has 2 N–H and O–H groups in total. The number of carbonyl (C=O) groups is 3. The summed E-state index contributed by atoms with van der Waals surface area (Å²) in [5.41, 5.74) is -0.231. The van der Waals surface area contributed by atoms with Crippen LogP contribution in [0.25, 0.3) is 0 Å². The molecule has 1 aromatic rings. The van der Waals surface area contributed by atoms with Crippen molar-refractivity contribution in [3.8, 4) is 0 Å². The van der Waals surface area contributed by atoms with Gasteiger partial charge in [0.2, 0.25) is 5.91 Å². The van der Waals surface area contributed by atoms with Crippen LogP contribution in [0, 0.1) is 5.92 Å². The molecule has 6 heteroatoms. The summed E-state index contributed by atoms with van der Waals surface area (Å²) >= 11 is 0. The van der Waals surface area contributed by atoms with Gasteiger partial charge in [0.15, 0.2) is 0 Å². The first-order valence-electron chi connectivity index (χ1n) is 8.22. The lowest BCUT2D eigenvalue weighted by Crippen LogP contribution is -2.45. The van der Waals surface area contributed by atoms with Crippen LogP contribution in [-0.4, -0.2) is 46.4 Å². The van der Waals surface area contributed by atoms with Crippen LogP contribution in [0.1, 0.15) is 54.3 Å². The lowest BCUT2D eigenvalue weighted by atomic mass is 9.88. The highest BCUT2D eigenvalue weighted by molar-refractivity contribution is 6.21. The van der Waals surface area contributed by atoms with Gasteiger partial charge in [-0.2, -0.15) is 0 Å². The van der Waals surface area contributed by atoms with Crippen molar-refractivity contribution >= 4 is 17.7 Å². The summed E-state index contributed by atoms with van der Waals surface area (Å²) in [4.78, 5) is 37.5. The first-order chi connectivity index (χ1) is 11.3. The van der Waals surface area contributed by atoms with Gasteiger partial charge in [0.25, 0.3) is 11.8 Å². The lowest BCUT2D eigenvalue weighted by Gasteiger charge is -2.29. The summed E-state index contributed by atoms with van der Waals surface area (Å²) in [6.45, 7) is 5.76. The topological polar surface area (TPSA) is 86.7 Å². The second-order valence-corrected chi connectivity index (χ2v) is 6.50. The SMILES string of the molecule is CC[C@H](C)[C@@](C)(O)CNC(=O)CCN1C(=O)c2ccccc2C1=O. The standard InChI is InChI=1S/C18H24N2O4/c1-4-12(2)18(3,24)11-19-15(21)9-10-20-16(22)13-7-5-6-8-14(13)17(20)23/h5-8,12,24H,4,9-11H2,1-3H3,(H,19,21)/t12-,18-/m0/s1. The number of fused-ring (bicyclic) bond motifs is 1. The van der Waals surface area contributed by atoms with Crippen molar-refractivity contribution in [1.82, 2.24) is 10.2 Å². The van der Waals surface area contributed by atoms with Crippen LogP contribution in [0.4, 0.5) is 0 Å². The molecule has 0 saturated heterocycles. The first kappa shape index (κ1) is 18.1. The van der Waals surface area contributed by atoms with Crippen molar-refractivity contribution in [2.45, 2.75) is 39.2 Å². The summed E-state index contributed by atoms with van der Waals surface area (Å²) in [7, 11) is 0. The molecular weight excluding hydrogens is 308 g/mol. The third-order valence-electron chi connectivity index (χ3n) is 4.76. The molecule has 130 valence electrons. The zero-order valence-electron chi connectivity index (χ0n) is 14.3. The summed E-state index contributed by atoms with van der Waals surface area (Å²) in [6, 6.07) is 6.63. The number of carbonyl (C=O) groups excluding carboxylic acids is 3. The van der Waals surface area contributed by atoms with Gasteiger partial charge in [-0.3, -0.25) is 19.3 Å². The molecule has 0 unspecified atom stereocenters. The van der Waals surface area contributed by atoms with Gasteiger partial charge in [0.05, 0.1) is 16.7 Å². The quantitative estimate of drug-likeness (QED) is 0.742. The summed E-state index contributed by atoms with van der Waals surface area (Å²) in [5.74, 6) is -0.978. The number of nitrogens with one attached hydrogen (secondary N) is 1. The van der Waals surface area contributed by atoms with Crippen molar-refractivity contribution in [3.63, 3.8) is 0 Å². The van der Waals surface area contributed by atoms with Gasteiger partial charge >= 0.3 is 0 Å². The third-order valence-corrected chi connectivity index (χ3v) is 4.76. The van der Waals surface area contributed by atoms with Gasteiger partial charge in [0.1, 0.15) is 0 Å². The smallest absolute Gasteiger partial charge is 0.261 e. The highest BCUT2D eigenvalue weighted by Gasteiger charge is 2.35. The maximum Gasteiger partial charge on any atom is 0.261 e. The molecule has 0 radical (unpaired) electrons. The highest BCUT2D eigenvalue weighted by Crippen LogP contribution is 2.22. The minimum absolute atomic E-state index is 0.0159. The van der Waals surface area contributed by atoms with Crippen molar-refractivity contribution in [2.24, 2.45) is 5.92 Å². The van der Waals surface area contributed by atoms with Crippen LogP contribution in [0.15, 0.2) is 24.3 Å². The Bertz CT molecular complexity index is 619. The molecule has 1 aliphatic heterocycles. The average Bonchev–Trinajstić information content (AvgIpc) is 2.82. The molecule has 6 nitrogen and oxygen atoms in total. The molecule has 2 atom stereocenters. The van der Waals surface area contributed by atoms with E-state index in [4.69, 9.17) is 0 Å². The van der Waals surface area contributed by atoms with Crippen LogP contribution in [0.3, 0.4) is 0 Å². The Kier molecular flexibility index (Phi) is 5.39. The van der Waals surface area contributed by atoms with Gasteiger partial charge in [-0.1, -0.05) is 32.4 Å². The molecule has 0 aromatic heterocycles. The fourth-order valence-electron chi connectivity index (χ4n) is 2.64. The van der Waals surface area contributed by atoms with Gasteiger partial charge in [-0.15, -0.1) is 0 Å². The maximum atomic E-state index is 12.2. The second kappa shape index (κ2) is 7.13. The average molecular weight is 332 g/mol. The Labute approximate surface area is 141 Å². The van der Waals surface area contributed by atoms with Gasteiger partial charge in [-0.25, -0.2) is 0 Å². The van der Waals surface area contributed by atoms with Gasteiger partial charge < -0.3 is 10.4 Å². The zero-order chi connectivity index (χ0) is 17.9. The zero-order valence-corrected chi connectivity index (χ0v) is 14.3. The summed E-state index contributed by atoms with van der Waals surface area (Å²) in [5, 5.41) is 13.0. The number of benzene rings is 1. The molecular formula is C18H24N2O4. The van der Waals surface area contributed by atoms with Crippen LogP contribution < -0.4 is 5.32 Å². The number of hydrogen-bond acceptors (Lipinski definition) is 4. The van der Waals surface area contributed by atoms with E-state index in [9.17, 15) is 19.5 Å². The Morgan fingerprint density at radius 2 is 1.79 bits per heavy atom. The largest absolute Gasteiger partial charge is 0.388 e. The normalized spacial score (nSPS) is 17.4. The maximum absolute atomic E-state index is 12.2. The van der Waals surface area contributed by atoms with E-state index >= 15 is 0 Å². The minimum Gasteiger partial charge on any atom is -0.388 e. The number of nitrogens with zero attached hydrogens (tertiary/aromatic N) is 1. The molecule has 0 spiro atoms. The van der Waals surface area contributed by atoms with E-state index < -0.39 is 5.60 Å². The number of amides is 3. The van der Waals surface area contributed by atoms with Crippen molar-refractivity contribution in [1.29, 1.82) is 0 Å². The molecule has 0 bridgehead atoms. The van der Waals surface area contributed by atoms with Crippen molar-refractivity contribution in [2.75, 3.05) is 13.1 Å². The number of aliphatic hydroxyl groups is 1.